The molecule has 0 spiro atoms. The van der Waals surface area contributed by atoms with Crippen LogP contribution in [0.2, 0.25) is 0 Å². The maximum atomic E-state index is 13.1. The Labute approximate surface area is 161 Å². The Bertz CT molecular complexity index is 1150. The molecule has 0 aliphatic heterocycles. The first-order valence-electron chi connectivity index (χ1n) is 8.73. The third-order valence-corrected chi connectivity index (χ3v) is 4.36. The molecule has 4 aromatic rings. The third kappa shape index (κ3) is 3.31. The quantitative estimate of drug-likeness (QED) is 0.470. The lowest BCUT2D eigenvalue weighted by molar-refractivity contribution is 0.0978. The summed E-state index contributed by atoms with van der Waals surface area (Å²) in [5, 5.41) is 9.58. The number of Topliss-reactive ketones (excluding diaryl/α,β-unsaturated/α-hetero) is 1. The first-order valence-corrected chi connectivity index (χ1v) is 8.73. The van der Waals surface area contributed by atoms with Gasteiger partial charge < -0.3 is 4.42 Å². The van der Waals surface area contributed by atoms with Gasteiger partial charge in [0.05, 0.1) is 18.0 Å². The van der Waals surface area contributed by atoms with Crippen molar-refractivity contribution in [3.05, 3.63) is 96.4 Å². The molecule has 0 saturated carbocycles. The number of rotatable bonds is 5. The molecule has 5 nitrogen and oxygen atoms in total. The lowest BCUT2D eigenvalue weighted by Crippen LogP contribution is -2.13. The SMILES string of the molecule is N#C[C@H](C(=O)c1ccccc1-c1ncc(-c2ccccc2)o1)c1ccccn1. The van der Waals surface area contributed by atoms with Crippen molar-refractivity contribution < 1.29 is 9.21 Å². The summed E-state index contributed by atoms with van der Waals surface area (Å²) in [6, 6.07) is 23.8. The number of aromatic nitrogens is 2. The third-order valence-electron chi connectivity index (χ3n) is 4.36. The molecule has 0 aliphatic rings. The number of oxazole rings is 1. The van der Waals surface area contributed by atoms with Crippen LogP contribution >= 0.6 is 0 Å². The summed E-state index contributed by atoms with van der Waals surface area (Å²) in [7, 11) is 0. The van der Waals surface area contributed by atoms with E-state index in [0.717, 1.165) is 5.56 Å². The van der Waals surface area contributed by atoms with Crippen LogP contribution in [0.1, 0.15) is 22.0 Å². The van der Waals surface area contributed by atoms with E-state index in [1.165, 1.54) is 0 Å². The Morgan fingerprint density at radius 2 is 1.68 bits per heavy atom. The van der Waals surface area contributed by atoms with E-state index in [2.05, 4.69) is 16.0 Å². The molecule has 0 fully saturated rings. The average molecular weight is 365 g/mol. The van der Waals surface area contributed by atoms with E-state index in [-0.39, 0.29) is 5.78 Å². The second-order valence-corrected chi connectivity index (χ2v) is 6.12. The highest BCUT2D eigenvalue weighted by Crippen LogP contribution is 2.30. The molecule has 0 bridgehead atoms. The van der Waals surface area contributed by atoms with E-state index in [4.69, 9.17) is 4.42 Å². The Morgan fingerprint density at radius 3 is 2.43 bits per heavy atom. The number of carbonyl (C=O) groups excluding carboxylic acids is 1. The normalized spacial score (nSPS) is 11.5. The van der Waals surface area contributed by atoms with Gasteiger partial charge in [-0.1, -0.05) is 54.6 Å². The zero-order chi connectivity index (χ0) is 19.3. The van der Waals surface area contributed by atoms with Gasteiger partial charge in [0.2, 0.25) is 5.89 Å². The first kappa shape index (κ1) is 17.4. The minimum Gasteiger partial charge on any atom is -0.436 e. The number of carbonyl (C=O) groups is 1. The molecule has 1 atom stereocenters. The molecule has 0 radical (unpaired) electrons. The van der Waals surface area contributed by atoms with Gasteiger partial charge in [0.1, 0.15) is 0 Å². The number of hydrogen-bond acceptors (Lipinski definition) is 5. The van der Waals surface area contributed by atoms with Crippen molar-refractivity contribution in [1.29, 1.82) is 5.26 Å². The number of ketones is 1. The van der Waals surface area contributed by atoms with Gasteiger partial charge in [0.25, 0.3) is 0 Å². The van der Waals surface area contributed by atoms with Crippen LogP contribution in [0.5, 0.6) is 0 Å². The molecular formula is C23H15N3O2. The molecule has 28 heavy (non-hydrogen) atoms. The van der Waals surface area contributed by atoms with Gasteiger partial charge in [-0.05, 0) is 18.2 Å². The van der Waals surface area contributed by atoms with E-state index < -0.39 is 5.92 Å². The number of pyridine rings is 1. The number of nitriles is 1. The van der Waals surface area contributed by atoms with E-state index in [9.17, 15) is 10.1 Å². The topological polar surface area (TPSA) is 79.8 Å². The summed E-state index contributed by atoms with van der Waals surface area (Å²) in [5.74, 6) is -0.387. The lowest BCUT2D eigenvalue weighted by Gasteiger charge is -2.10. The van der Waals surface area contributed by atoms with Gasteiger partial charge in [-0.3, -0.25) is 9.78 Å². The first-order chi connectivity index (χ1) is 13.8. The van der Waals surface area contributed by atoms with Crippen LogP contribution in [0.3, 0.4) is 0 Å². The predicted molar refractivity (Wildman–Crippen MR) is 104 cm³/mol. The minimum absolute atomic E-state index is 0.334. The zero-order valence-corrected chi connectivity index (χ0v) is 14.8. The fraction of sp³-hybridized carbons (Fsp3) is 0.0435. The summed E-state index contributed by atoms with van der Waals surface area (Å²) in [6.07, 6.45) is 3.20. The molecule has 0 amide bonds. The molecule has 134 valence electrons. The Hall–Kier alpha value is -4.04. The summed E-state index contributed by atoms with van der Waals surface area (Å²) in [4.78, 5) is 21.6. The summed E-state index contributed by atoms with van der Waals surface area (Å²) in [6.45, 7) is 0. The fourth-order valence-corrected chi connectivity index (χ4v) is 2.98. The lowest BCUT2D eigenvalue weighted by atomic mass is 9.92. The highest BCUT2D eigenvalue weighted by Gasteiger charge is 2.26. The highest BCUT2D eigenvalue weighted by atomic mass is 16.4. The second kappa shape index (κ2) is 7.68. The van der Waals surface area contributed by atoms with Crippen LogP contribution < -0.4 is 0 Å². The molecule has 0 aliphatic carbocycles. The van der Waals surface area contributed by atoms with Gasteiger partial charge in [-0.2, -0.15) is 5.26 Å². The van der Waals surface area contributed by atoms with Gasteiger partial charge in [0.15, 0.2) is 17.5 Å². The van der Waals surface area contributed by atoms with Crippen LogP contribution in [0.25, 0.3) is 22.8 Å². The standard InChI is InChI=1S/C23H15N3O2/c24-14-19(20-12-6-7-13-25-20)22(27)17-10-4-5-11-18(17)23-26-15-21(28-23)16-8-2-1-3-9-16/h1-13,15,19H/t19-/m0/s1. The number of hydrogen-bond donors (Lipinski definition) is 0. The molecule has 2 heterocycles. The highest BCUT2D eigenvalue weighted by molar-refractivity contribution is 6.06. The van der Waals surface area contributed by atoms with Crippen molar-refractivity contribution in [2.45, 2.75) is 5.92 Å². The molecule has 0 unspecified atom stereocenters. The summed E-state index contributed by atoms with van der Waals surface area (Å²) in [5.41, 5.74) is 2.24. The number of nitrogens with zero attached hydrogens (tertiary/aromatic N) is 3. The molecule has 4 rings (SSSR count). The van der Waals surface area contributed by atoms with Crippen LogP contribution in [0, 0.1) is 11.3 Å². The Morgan fingerprint density at radius 1 is 0.929 bits per heavy atom. The van der Waals surface area contributed by atoms with Crippen molar-refractivity contribution in [1.82, 2.24) is 9.97 Å². The molecule has 2 aromatic carbocycles. The van der Waals surface area contributed by atoms with Crippen molar-refractivity contribution in [2.75, 3.05) is 0 Å². The van der Waals surface area contributed by atoms with E-state index in [1.54, 1.807) is 54.9 Å². The smallest absolute Gasteiger partial charge is 0.227 e. The fourth-order valence-electron chi connectivity index (χ4n) is 2.98. The second-order valence-electron chi connectivity index (χ2n) is 6.12. The minimum atomic E-state index is -0.995. The molecule has 0 N–H and O–H groups in total. The van der Waals surface area contributed by atoms with Crippen LogP contribution in [0.15, 0.2) is 89.6 Å². The van der Waals surface area contributed by atoms with Crippen LogP contribution in [0.4, 0.5) is 0 Å². The van der Waals surface area contributed by atoms with Gasteiger partial charge >= 0.3 is 0 Å². The Kier molecular flexibility index (Phi) is 4.77. The van der Waals surface area contributed by atoms with Gasteiger partial charge in [-0.15, -0.1) is 0 Å². The van der Waals surface area contributed by atoms with E-state index >= 15 is 0 Å². The molecular weight excluding hydrogens is 350 g/mol. The summed E-state index contributed by atoms with van der Waals surface area (Å²) < 4.78 is 5.90. The molecule has 5 heteroatoms. The number of benzene rings is 2. The summed E-state index contributed by atoms with van der Waals surface area (Å²) >= 11 is 0. The zero-order valence-electron chi connectivity index (χ0n) is 14.8. The van der Waals surface area contributed by atoms with Crippen LogP contribution in [-0.4, -0.2) is 15.8 Å². The largest absolute Gasteiger partial charge is 0.436 e. The van der Waals surface area contributed by atoms with Gasteiger partial charge in [-0.25, -0.2) is 4.98 Å². The predicted octanol–water partition coefficient (Wildman–Crippen LogP) is 4.89. The maximum absolute atomic E-state index is 13.1. The van der Waals surface area contributed by atoms with E-state index in [0.29, 0.717) is 28.5 Å². The molecule has 0 saturated heterocycles. The van der Waals surface area contributed by atoms with Crippen molar-refractivity contribution in [2.24, 2.45) is 0 Å². The van der Waals surface area contributed by atoms with Crippen molar-refractivity contribution in [3.8, 4) is 28.8 Å². The van der Waals surface area contributed by atoms with Crippen molar-refractivity contribution >= 4 is 5.78 Å². The Balaban J connectivity index is 1.73. The van der Waals surface area contributed by atoms with Crippen LogP contribution in [-0.2, 0) is 0 Å². The monoisotopic (exact) mass is 365 g/mol. The maximum Gasteiger partial charge on any atom is 0.227 e. The molecule has 2 aromatic heterocycles. The van der Waals surface area contributed by atoms with Crippen molar-refractivity contribution in [3.63, 3.8) is 0 Å². The average Bonchev–Trinajstić information content (AvgIpc) is 3.26. The van der Waals surface area contributed by atoms with E-state index in [1.807, 2.05) is 30.3 Å². The van der Waals surface area contributed by atoms with Gasteiger partial charge in [0, 0.05) is 22.9 Å².